The summed E-state index contributed by atoms with van der Waals surface area (Å²) in [7, 11) is 0. The van der Waals surface area contributed by atoms with Gasteiger partial charge in [0.1, 0.15) is 0 Å². The summed E-state index contributed by atoms with van der Waals surface area (Å²) >= 11 is 0. The van der Waals surface area contributed by atoms with Crippen LogP contribution in [0.4, 0.5) is 13.2 Å². The Labute approximate surface area is 165 Å². The van der Waals surface area contributed by atoms with E-state index < -0.39 is 11.7 Å². The molecule has 1 heterocycles. The maximum Gasteiger partial charge on any atom is 0.416 e. The predicted octanol–water partition coefficient (Wildman–Crippen LogP) is 7.19. The lowest BCUT2D eigenvalue weighted by Crippen LogP contribution is -2.10. The number of hydrogen-bond donors (Lipinski definition) is 0. The summed E-state index contributed by atoms with van der Waals surface area (Å²) < 4.78 is 51.5. The first-order chi connectivity index (χ1) is 13.6. The highest BCUT2D eigenvalue weighted by molar-refractivity contribution is 6.27. The topological polar surface area (TPSA) is 18.5 Å². The molecule has 0 amide bonds. The molecule has 0 aromatic heterocycles. The van der Waals surface area contributed by atoms with E-state index in [1.807, 2.05) is 24.3 Å². The molecule has 0 spiro atoms. The summed E-state index contributed by atoms with van der Waals surface area (Å²) in [5.41, 5.74) is 0.360. The van der Waals surface area contributed by atoms with Crippen molar-refractivity contribution >= 4 is 32.3 Å². The van der Waals surface area contributed by atoms with Crippen molar-refractivity contribution in [1.29, 1.82) is 0 Å². The molecule has 0 bridgehead atoms. The van der Waals surface area contributed by atoms with Crippen LogP contribution in [0.1, 0.15) is 31.9 Å². The average molecular weight is 396 g/mol. The smallest absolute Gasteiger partial charge is 0.416 e. The Morgan fingerprint density at radius 3 is 2.00 bits per heavy atom. The second kappa shape index (κ2) is 5.78. The molecule has 29 heavy (non-hydrogen) atoms. The predicted molar refractivity (Wildman–Crippen MR) is 109 cm³/mol. The van der Waals surface area contributed by atoms with Crippen LogP contribution in [0, 0.1) is 0 Å². The highest BCUT2D eigenvalue weighted by Crippen LogP contribution is 2.47. The van der Waals surface area contributed by atoms with E-state index in [1.54, 1.807) is 6.07 Å². The second-order valence-electron chi connectivity index (χ2n) is 8.49. The van der Waals surface area contributed by atoms with E-state index in [4.69, 9.17) is 9.47 Å². The van der Waals surface area contributed by atoms with Crippen molar-refractivity contribution in [2.45, 2.75) is 32.4 Å². The van der Waals surface area contributed by atoms with Crippen molar-refractivity contribution in [3.05, 3.63) is 59.7 Å². The van der Waals surface area contributed by atoms with Crippen LogP contribution in [0.3, 0.4) is 0 Å². The molecule has 0 saturated heterocycles. The normalized spacial score (nSPS) is 14.3. The molecule has 0 unspecified atom stereocenters. The van der Waals surface area contributed by atoms with Crippen LogP contribution in [0.2, 0.25) is 0 Å². The van der Waals surface area contributed by atoms with E-state index >= 15 is 0 Å². The van der Waals surface area contributed by atoms with Crippen LogP contribution in [-0.4, -0.2) is 6.79 Å². The van der Waals surface area contributed by atoms with Crippen LogP contribution >= 0.6 is 0 Å². The fourth-order valence-electron chi connectivity index (χ4n) is 4.09. The zero-order valence-corrected chi connectivity index (χ0v) is 16.3. The molecule has 5 rings (SSSR count). The van der Waals surface area contributed by atoms with Crippen molar-refractivity contribution in [3.8, 4) is 11.5 Å². The van der Waals surface area contributed by atoms with Gasteiger partial charge in [0.15, 0.2) is 11.5 Å². The third kappa shape index (κ3) is 2.71. The Morgan fingerprint density at radius 1 is 0.690 bits per heavy atom. The lowest BCUT2D eigenvalue weighted by atomic mass is 9.84. The van der Waals surface area contributed by atoms with Gasteiger partial charge in [-0.1, -0.05) is 39.0 Å². The Balaban J connectivity index is 2.01. The van der Waals surface area contributed by atoms with Gasteiger partial charge >= 0.3 is 6.18 Å². The highest BCUT2D eigenvalue weighted by atomic mass is 19.4. The molecule has 0 N–H and O–H groups in total. The van der Waals surface area contributed by atoms with Crippen molar-refractivity contribution in [2.75, 3.05) is 6.79 Å². The van der Waals surface area contributed by atoms with Crippen molar-refractivity contribution < 1.29 is 22.6 Å². The molecule has 2 nitrogen and oxygen atoms in total. The number of ether oxygens (including phenoxy) is 2. The molecular weight excluding hydrogens is 377 g/mol. The molecule has 5 heteroatoms. The van der Waals surface area contributed by atoms with Crippen molar-refractivity contribution in [1.82, 2.24) is 0 Å². The van der Waals surface area contributed by atoms with Gasteiger partial charge in [-0.25, -0.2) is 0 Å². The van der Waals surface area contributed by atoms with E-state index in [0.29, 0.717) is 16.9 Å². The second-order valence-corrected chi connectivity index (χ2v) is 8.49. The van der Waals surface area contributed by atoms with E-state index in [2.05, 4.69) is 26.8 Å². The Hall–Kier alpha value is -2.95. The van der Waals surface area contributed by atoms with Gasteiger partial charge in [-0.15, -0.1) is 0 Å². The van der Waals surface area contributed by atoms with E-state index in [1.165, 1.54) is 6.07 Å². The standard InChI is InChI=1S/C24H19F3O2/c1-23(2,3)13-4-6-16-18-11-14(24(25,26)27)5-7-15(18)17-8-9-20-22(29-12-28-20)21(17)19(16)10-13/h4-11H,12H2,1-3H3. The molecule has 0 atom stereocenters. The molecular formula is C24H19F3O2. The molecule has 1 aliphatic heterocycles. The highest BCUT2D eigenvalue weighted by Gasteiger charge is 2.31. The van der Waals surface area contributed by atoms with Gasteiger partial charge in [0.25, 0.3) is 0 Å². The van der Waals surface area contributed by atoms with Crippen LogP contribution in [-0.2, 0) is 11.6 Å². The fourth-order valence-corrected chi connectivity index (χ4v) is 4.09. The largest absolute Gasteiger partial charge is 0.454 e. The molecule has 1 aliphatic rings. The monoisotopic (exact) mass is 396 g/mol. The molecule has 0 saturated carbocycles. The summed E-state index contributed by atoms with van der Waals surface area (Å²) in [5.74, 6) is 1.31. The van der Waals surface area contributed by atoms with Crippen molar-refractivity contribution in [3.63, 3.8) is 0 Å². The molecule has 4 aromatic carbocycles. The van der Waals surface area contributed by atoms with Gasteiger partial charge in [0.05, 0.1) is 5.56 Å². The molecule has 148 valence electrons. The zero-order chi connectivity index (χ0) is 20.6. The summed E-state index contributed by atoms with van der Waals surface area (Å²) in [5, 5.41) is 4.74. The molecule has 0 aliphatic carbocycles. The summed E-state index contributed by atoms with van der Waals surface area (Å²) in [4.78, 5) is 0. The average Bonchev–Trinajstić information content (AvgIpc) is 3.14. The maximum absolute atomic E-state index is 13.4. The first kappa shape index (κ1) is 18.1. The SMILES string of the molecule is CC(C)(C)c1ccc2c3cc(C(F)(F)F)ccc3c3ccc4c(c3c2c1)OCO4. The first-order valence-corrected chi connectivity index (χ1v) is 9.44. The van der Waals surface area contributed by atoms with E-state index in [0.717, 1.165) is 38.6 Å². The van der Waals surface area contributed by atoms with Crippen LogP contribution in [0.5, 0.6) is 11.5 Å². The number of alkyl halides is 3. The minimum absolute atomic E-state index is 0.0986. The van der Waals surface area contributed by atoms with Gasteiger partial charge in [0.2, 0.25) is 6.79 Å². The third-order valence-electron chi connectivity index (χ3n) is 5.62. The van der Waals surface area contributed by atoms with Gasteiger partial charge in [0, 0.05) is 5.39 Å². The summed E-state index contributed by atoms with van der Waals surface area (Å²) in [6.45, 7) is 6.48. The molecule has 4 aromatic rings. The Morgan fingerprint density at radius 2 is 1.31 bits per heavy atom. The molecule has 0 radical (unpaired) electrons. The van der Waals surface area contributed by atoms with Crippen molar-refractivity contribution in [2.24, 2.45) is 0 Å². The number of hydrogen-bond acceptors (Lipinski definition) is 2. The van der Waals surface area contributed by atoms with Crippen LogP contribution < -0.4 is 9.47 Å². The van der Waals surface area contributed by atoms with E-state index in [9.17, 15) is 13.2 Å². The lowest BCUT2D eigenvalue weighted by molar-refractivity contribution is -0.137. The first-order valence-electron chi connectivity index (χ1n) is 9.44. The fraction of sp³-hybridized carbons (Fsp3) is 0.250. The van der Waals surface area contributed by atoms with Gasteiger partial charge in [-0.05, 0) is 68.2 Å². The lowest BCUT2D eigenvalue weighted by Gasteiger charge is -2.21. The van der Waals surface area contributed by atoms with Gasteiger partial charge < -0.3 is 9.47 Å². The van der Waals surface area contributed by atoms with E-state index in [-0.39, 0.29) is 12.2 Å². The zero-order valence-electron chi connectivity index (χ0n) is 16.3. The van der Waals surface area contributed by atoms with Crippen LogP contribution in [0.25, 0.3) is 32.3 Å². The number of benzene rings is 4. The number of rotatable bonds is 0. The third-order valence-corrected chi connectivity index (χ3v) is 5.62. The molecule has 0 fully saturated rings. The Bertz CT molecular complexity index is 1300. The van der Waals surface area contributed by atoms with Crippen LogP contribution in [0.15, 0.2) is 48.5 Å². The number of halogens is 3. The maximum atomic E-state index is 13.4. The van der Waals surface area contributed by atoms with Gasteiger partial charge in [-0.2, -0.15) is 13.2 Å². The van der Waals surface area contributed by atoms with Gasteiger partial charge in [-0.3, -0.25) is 0 Å². The minimum Gasteiger partial charge on any atom is -0.454 e. The summed E-state index contributed by atoms with van der Waals surface area (Å²) in [6, 6.07) is 13.7. The number of fused-ring (bicyclic) bond motifs is 8. The minimum atomic E-state index is -4.39. The quantitative estimate of drug-likeness (QED) is 0.293. The summed E-state index contributed by atoms with van der Waals surface area (Å²) in [6.07, 6.45) is -4.39. The Kier molecular flexibility index (Phi) is 3.61.